The summed E-state index contributed by atoms with van der Waals surface area (Å²) in [5.74, 6) is -0.648. The van der Waals surface area contributed by atoms with Crippen LogP contribution in [0, 0.1) is 0 Å². The third-order valence-electron chi connectivity index (χ3n) is 2.02. The Bertz CT molecular complexity index is 539. The van der Waals surface area contributed by atoms with E-state index in [1.807, 2.05) is 0 Å². The molecule has 0 saturated carbocycles. The molecule has 0 bridgehead atoms. The van der Waals surface area contributed by atoms with E-state index in [1.54, 1.807) is 0 Å². The highest BCUT2D eigenvalue weighted by Gasteiger charge is 2.19. The lowest BCUT2D eigenvalue weighted by Gasteiger charge is -2.04. The molecule has 10 heteroatoms. The van der Waals surface area contributed by atoms with Gasteiger partial charge in [0.15, 0.2) is 5.82 Å². The van der Waals surface area contributed by atoms with E-state index < -0.39 is 15.9 Å². The third kappa shape index (κ3) is 4.95. The second kappa shape index (κ2) is 6.61. The predicted molar refractivity (Wildman–Crippen MR) is 65.9 cm³/mol. The van der Waals surface area contributed by atoms with Gasteiger partial charge in [0.2, 0.25) is 10.0 Å². The van der Waals surface area contributed by atoms with Crippen LogP contribution in [0.15, 0.2) is 11.1 Å². The van der Waals surface area contributed by atoms with E-state index in [0.29, 0.717) is 6.61 Å². The molecule has 19 heavy (non-hydrogen) atoms. The fraction of sp³-hybridized carbons (Fsp3) is 0.556. The number of amides is 1. The number of carbonyl (C=O) groups is 1. The largest absolute Gasteiger partial charge is 0.382 e. The van der Waals surface area contributed by atoms with Gasteiger partial charge in [-0.3, -0.25) is 9.48 Å². The van der Waals surface area contributed by atoms with Crippen LogP contribution in [0.4, 0.5) is 5.82 Å². The molecule has 0 aliphatic carbocycles. The van der Waals surface area contributed by atoms with Crippen LogP contribution < -0.4 is 10.5 Å². The highest BCUT2D eigenvalue weighted by Crippen LogP contribution is 2.16. The number of primary sulfonamides is 1. The highest BCUT2D eigenvalue weighted by molar-refractivity contribution is 7.89. The average molecular weight is 292 g/mol. The molecule has 0 unspecified atom stereocenters. The van der Waals surface area contributed by atoms with Gasteiger partial charge in [0.25, 0.3) is 5.91 Å². The molecule has 1 amide bonds. The number of aryl methyl sites for hydroxylation is 1. The number of nitrogens with two attached hydrogens (primary N) is 1. The number of carbonyl (C=O) groups excluding carboxylic acids is 1. The second-order valence-electron chi connectivity index (χ2n) is 3.65. The zero-order valence-corrected chi connectivity index (χ0v) is 11.4. The molecular formula is C9H16N4O5S. The number of aromatic nitrogens is 2. The number of nitrogens with one attached hydrogen (secondary N) is 1. The van der Waals surface area contributed by atoms with Crippen molar-refractivity contribution in [3.8, 4) is 0 Å². The van der Waals surface area contributed by atoms with Crippen LogP contribution in [0.3, 0.4) is 0 Å². The number of sulfonamides is 1. The second-order valence-corrected chi connectivity index (χ2v) is 5.18. The third-order valence-corrected chi connectivity index (χ3v) is 2.94. The highest BCUT2D eigenvalue weighted by atomic mass is 32.2. The van der Waals surface area contributed by atoms with Crippen molar-refractivity contribution >= 4 is 21.7 Å². The topological polar surface area (TPSA) is 126 Å². The van der Waals surface area contributed by atoms with Crippen LogP contribution in [-0.2, 0) is 31.3 Å². The van der Waals surface area contributed by atoms with Gasteiger partial charge in [-0.1, -0.05) is 0 Å². The van der Waals surface area contributed by atoms with Gasteiger partial charge < -0.3 is 14.8 Å². The van der Waals surface area contributed by atoms with Crippen LogP contribution in [0.25, 0.3) is 0 Å². The summed E-state index contributed by atoms with van der Waals surface area (Å²) in [7, 11) is -0.923. The number of rotatable bonds is 7. The molecule has 0 spiro atoms. The van der Waals surface area contributed by atoms with Crippen molar-refractivity contribution in [1.29, 1.82) is 0 Å². The zero-order chi connectivity index (χ0) is 14.5. The van der Waals surface area contributed by atoms with Crippen molar-refractivity contribution in [2.45, 2.75) is 4.90 Å². The minimum absolute atomic E-state index is 0.120. The smallest absolute Gasteiger partial charge is 0.251 e. The molecule has 108 valence electrons. The molecule has 1 heterocycles. The summed E-state index contributed by atoms with van der Waals surface area (Å²) in [6.45, 7) is 0.386. The quantitative estimate of drug-likeness (QED) is 0.600. The Morgan fingerprint density at radius 3 is 2.79 bits per heavy atom. The van der Waals surface area contributed by atoms with Crippen LogP contribution in [-0.4, -0.2) is 51.0 Å². The lowest BCUT2D eigenvalue weighted by Crippen LogP contribution is -2.22. The Labute approximate surface area is 110 Å². The monoisotopic (exact) mass is 292 g/mol. The van der Waals surface area contributed by atoms with Gasteiger partial charge in [-0.05, 0) is 0 Å². The number of ether oxygens (including phenoxy) is 2. The van der Waals surface area contributed by atoms with Crippen molar-refractivity contribution in [3.05, 3.63) is 6.20 Å². The van der Waals surface area contributed by atoms with Crippen molar-refractivity contribution in [2.24, 2.45) is 12.2 Å². The molecule has 1 rings (SSSR count). The predicted octanol–water partition coefficient (Wildman–Crippen LogP) is -1.33. The minimum Gasteiger partial charge on any atom is -0.382 e. The van der Waals surface area contributed by atoms with Gasteiger partial charge in [-0.15, -0.1) is 0 Å². The fourth-order valence-corrected chi connectivity index (χ4v) is 1.90. The maximum atomic E-state index is 11.5. The molecule has 0 aliphatic rings. The molecular weight excluding hydrogens is 276 g/mol. The first-order valence-electron chi connectivity index (χ1n) is 5.27. The van der Waals surface area contributed by atoms with Crippen LogP contribution >= 0.6 is 0 Å². The van der Waals surface area contributed by atoms with E-state index in [2.05, 4.69) is 10.4 Å². The van der Waals surface area contributed by atoms with Crippen molar-refractivity contribution in [1.82, 2.24) is 9.78 Å². The number of hydrogen-bond acceptors (Lipinski definition) is 6. The number of methoxy groups -OCH3 is 1. The van der Waals surface area contributed by atoms with E-state index in [9.17, 15) is 13.2 Å². The molecule has 0 aliphatic heterocycles. The summed E-state index contributed by atoms with van der Waals surface area (Å²) in [4.78, 5) is 11.3. The van der Waals surface area contributed by atoms with Crippen molar-refractivity contribution in [3.63, 3.8) is 0 Å². The minimum atomic E-state index is -3.95. The van der Waals surface area contributed by atoms with Gasteiger partial charge in [0.05, 0.1) is 13.2 Å². The Balaban J connectivity index is 2.64. The first-order chi connectivity index (χ1) is 8.84. The summed E-state index contributed by atoms with van der Waals surface area (Å²) in [5.41, 5.74) is 0. The van der Waals surface area contributed by atoms with Crippen molar-refractivity contribution in [2.75, 3.05) is 32.2 Å². The SMILES string of the molecule is COCCOCC(=O)Nc1nn(C)cc1S(N)(=O)=O. The lowest BCUT2D eigenvalue weighted by atomic mass is 10.5. The average Bonchev–Trinajstić information content (AvgIpc) is 2.65. The Morgan fingerprint density at radius 1 is 1.53 bits per heavy atom. The Hall–Kier alpha value is -1.49. The van der Waals surface area contributed by atoms with E-state index >= 15 is 0 Å². The summed E-state index contributed by atoms with van der Waals surface area (Å²) < 4.78 is 33.5. The summed E-state index contributed by atoms with van der Waals surface area (Å²) in [6.07, 6.45) is 1.21. The van der Waals surface area contributed by atoms with Crippen LogP contribution in [0.1, 0.15) is 0 Å². The number of anilines is 1. The molecule has 3 N–H and O–H groups in total. The molecule has 9 nitrogen and oxygen atoms in total. The van der Waals surface area contributed by atoms with Gasteiger partial charge in [0.1, 0.15) is 11.5 Å². The van der Waals surface area contributed by atoms with E-state index in [4.69, 9.17) is 14.6 Å². The standard InChI is InChI=1S/C9H16N4O5S/c1-13-5-7(19(10,15)16)9(12-13)11-8(14)6-18-4-3-17-2/h5H,3-4,6H2,1-2H3,(H2,10,15,16)(H,11,12,14). The van der Waals surface area contributed by atoms with E-state index in [-0.39, 0.29) is 23.9 Å². The lowest BCUT2D eigenvalue weighted by molar-refractivity contribution is -0.121. The summed E-state index contributed by atoms with van der Waals surface area (Å²) in [6, 6.07) is 0. The van der Waals surface area contributed by atoms with E-state index in [0.717, 1.165) is 0 Å². The number of hydrogen-bond donors (Lipinski definition) is 2. The maximum Gasteiger partial charge on any atom is 0.251 e. The van der Waals surface area contributed by atoms with Crippen LogP contribution in [0.5, 0.6) is 0 Å². The van der Waals surface area contributed by atoms with E-state index in [1.165, 1.54) is 25.0 Å². The number of nitrogens with zero attached hydrogens (tertiary/aromatic N) is 2. The zero-order valence-electron chi connectivity index (χ0n) is 10.6. The molecule has 1 aromatic rings. The molecule has 0 aromatic carbocycles. The molecule has 1 aromatic heterocycles. The molecule has 0 radical (unpaired) electrons. The first-order valence-corrected chi connectivity index (χ1v) is 6.82. The Morgan fingerprint density at radius 2 is 2.21 bits per heavy atom. The summed E-state index contributed by atoms with van der Waals surface area (Å²) in [5, 5.41) is 11.1. The molecule has 0 atom stereocenters. The fourth-order valence-electron chi connectivity index (χ4n) is 1.24. The Kier molecular flexibility index (Phi) is 5.42. The van der Waals surface area contributed by atoms with Gasteiger partial charge >= 0.3 is 0 Å². The summed E-state index contributed by atoms with van der Waals surface area (Å²) >= 11 is 0. The molecule has 0 fully saturated rings. The maximum absolute atomic E-state index is 11.5. The first kappa shape index (κ1) is 15.6. The van der Waals surface area contributed by atoms with Crippen LogP contribution in [0.2, 0.25) is 0 Å². The normalized spacial score (nSPS) is 11.5. The van der Waals surface area contributed by atoms with Gasteiger partial charge in [-0.2, -0.15) is 5.10 Å². The van der Waals surface area contributed by atoms with Gasteiger partial charge in [-0.25, -0.2) is 13.6 Å². The van der Waals surface area contributed by atoms with Gasteiger partial charge in [0, 0.05) is 20.4 Å². The molecule has 0 saturated heterocycles. The van der Waals surface area contributed by atoms with Crippen molar-refractivity contribution < 1.29 is 22.7 Å².